The van der Waals surface area contributed by atoms with Gasteiger partial charge in [-0.1, -0.05) is 24.3 Å². The molecule has 0 saturated heterocycles. The first-order valence-electron chi connectivity index (χ1n) is 6.79. The van der Waals surface area contributed by atoms with Gasteiger partial charge in [-0.2, -0.15) is 0 Å². The lowest BCUT2D eigenvalue weighted by atomic mass is 10.1. The smallest absolute Gasteiger partial charge is 0.226 e. The molecule has 0 radical (unpaired) electrons. The summed E-state index contributed by atoms with van der Waals surface area (Å²) in [5, 5.41) is 3.31. The van der Waals surface area contributed by atoms with Gasteiger partial charge in [0.05, 0.1) is 19.2 Å². The highest BCUT2D eigenvalue weighted by Gasteiger charge is 2.06. The van der Waals surface area contributed by atoms with Crippen molar-refractivity contribution >= 4 is 17.3 Å². The predicted molar refractivity (Wildman–Crippen MR) is 85.1 cm³/mol. The average Bonchev–Trinajstić information content (AvgIpc) is 2.49. The molecule has 0 fully saturated rings. The van der Waals surface area contributed by atoms with Crippen LogP contribution in [0.15, 0.2) is 48.5 Å². The third kappa shape index (κ3) is 3.99. The number of hydrogen-bond acceptors (Lipinski definition) is 3. The first-order chi connectivity index (χ1) is 10.1. The molecule has 4 heteroatoms. The fourth-order valence-electron chi connectivity index (χ4n) is 1.94. The summed E-state index contributed by atoms with van der Waals surface area (Å²) in [6.07, 6.45) is 0.419. The molecule has 0 atom stereocenters. The summed E-state index contributed by atoms with van der Waals surface area (Å²) < 4.78 is 5.31. The Morgan fingerprint density at radius 2 is 1.76 bits per heavy atom. The third-order valence-electron chi connectivity index (χ3n) is 3.19. The Balaban J connectivity index is 2.07. The number of likely N-dealkylation sites (N-methyl/N-ethyl adjacent to an activating group) is 1. The van der Waals surface area contributed by atoms with Crippen molar-refractivity contribution in [3.05, 3.63) is 54.1 Å². The minimum absolute atomic E-state index is 0.0976. The minimum atomic E-state index is 0.0976. The van der Waals surface area contributed by atoms with E-state index in [1.165, 1.54) is 0 Å². The molecule has 0 aliphatic rings. The minimum Gasteiger partial charge on any atom is -0.495 e. The lowest BCUT2D eigenvalue weighted by molar-refractivity contribution is -0.127. The fourth-order valence-corrected chi connectivity index (χ4v) is 1.94. The van der Waals surface area contributed by atoms with Crippen LogP contribution in [0.3, 0.4) is 0 Å². The summed E-state index contributed by atoms with van der Waals surface area (Å²) in [4.78, 5) is 13.3. The second-order valence-corrected chi connectivity index (χ2v) is 4.99. The van der Waals surface area contributed by atoms with Gasteiger partial charge in [-0.25, -0.2) is 0 Å². The number of rotatable bonds is 5. The van der Waals surface area contributed by atoms with Crippen LogP contribution in [0.1, 0.15) is 5.56 Å². The second-order valence-electron chi connectivity index (χ2n) is 4.99. The maximum Gasteiger partial charge on any atom is 0.226 e. The van der Waals surface area contributed by atoms with Gasteiger partial charge in [-0.3, -0.25) is 4.79 Å². The molecule has 0 unspecified atom stereocenters. The molecule has 1 N–H and O–H groups in total. The molecule has 4 nitrogen and oxygen atoms in total. The zero-order valence-corrected chi connectivity index (χ0v) is 12.6. The molecule has 0 aromatic heterocycles. The molecular weight excluding hydrogens is 264 g/mol. The van der Waals surface area contributed by atoms with Crippen LogP contribution in [0, 0.1) is 0 Å². The van der Waals surface area contributed by atoms with Crippen LogP contribution in [0.4, 0.5) is 11.4 Å². The number of amides is 1. The van der Waals surface area contributed by atoms with Crippen LogP contribution < -0.4 is 10.1 Å². The van der Waals surface area contributed by atoms with Gasteiger partial charge in [0.2, 0.25) is 5.91 Å². The monoisotopic (exact) mass is 284 g/mol. The molecule has 1 amide bonds. The molecule has 0 bridgehead atoms. The Labute approximate surface area is 125 Å². The number of carbonyl (C=O) groups is 1. The summed E-state index contributed by atoms with van der Waals surface area (Å²) in [5.41, 5.74) is 2.87. The van der Waals surface area contributed by atoms with E-state index in [-0.39, 0.29) is 5.91 Å². The number of benzene rings is 2. The van der Waals surface area contributed by atoms with Gasteiger partial charge >= 0.3 is 0 Å². The molecule has 0 aliphatic heterocycles. The quantitative estimate of drug-likeness (QED) is 0.917. The predicted octanol–water partition coefficient (Wildman–Crippen LogP) is 3.07. The van der Waals surface area contributed by atoms with Crippen LogP contribution in [0.25, 0.3) is 0 Å². The summed E-state index contributed by atoms with van der Waals surface area (Å²) >= 11 is 0. The van der Waals surface area contributed by atoms with Crippen molar-refractivity contribution in [3.8, 4) is 5.75 Å². The Morgan fingerprint density at radius 3 is 2.38 bits per heavy atom. The first kappa shape index (κ1) is 14.9. The Kier molecular flexibility index (Phi) is 4.82. The molecule has 2 aromatic carbocycles. The number of nitrogens with zero attached hydrogens (tertiary/aromatic N) is 1. The molecule has 21 heavy (non-hydrogen) atoms. The number of hydrogen-bond donors (Lipinski definition) is 1. The van der Waals surface area contributed by atoms with Crippen molar-refractivity contribution in [1.29, 1.82) is 0 Å². The van der Waals surface area contributed by atoms with Gasteiger partial charge in [-0.15, -0.1) is 0 Å². The van der Waals surface area contributed by atoms with Crippen LogP contribution in [0.2, 0.25) is 0 Å². The third-order valence-corrected chi connectivity index (χ3v) is 3.19. The zero-order valence-electron chi connectivity index (χ0n) is 12.6. The van der Waals surface area contributed by atoms with Crippen molar-refractivity contribution in [1.82, 2.24) is 4.90 Å². The van der Waals surface area contributed by atoms with Crippen molar-refractivity contribution in [3.63, 3.8) is 0 Å². The van der Waals surface area contributed by atoms with E-state index in [0.29, 0.717) is 6.42 Å². The summed E-state index contributed by atoms with van der Waals surface area (Å²) in [6.45, 7) is 0. The van der Waals surface area contributed by atoms with E-state index < -0.39 is 0 Å². The highest BCUT2D eigenvalue weighted by Crippen LogP contribution is 2.27. The molecule has 2 rings (SSSR count). The standard InChI is InChI=1S/C17H20N2O2/c1-19(2)17(20)12-13-8-10-14(11-9-13)18-15-6-4-5-7-16(15)21-3/h4-11,18H,12H2,1-3H3. The van der Waals surface area contributed by atoms with E-state index in [2.05, 4.69) is 5.32 Å². The van der Waals surface area contributed by atoms with Crippen LogP contribution in [-0.4, -0.2) is 32.0 Å². The summed E-state index contributed by atoms with van der Waals surface area (Å²) in [6, 6.07) is 15.6. The maximum absolute atomic E-state index is 11.7. The molecule has 110 valence electrons. The lowest BCUT2D eigenvalue weighted by Crippen LogP contribution is -2.23. The number of para-hydroxylation sites is 2. The SMILES string of the molecule is COc1ccccc1Nc1ccc(CC(=O)N(C)C)cc1. The fraction of sp³-hybridized carbons (Fsp3) is 0.235. The number of nitrogens with one attached hydrogen (secondary N) is 1. The van der Waals surface area contributed by atoms with Gasteiger partial charge in [0.25, 0.3) is 0 Å². The molecule has 2 aromatic rings. The largest absolute Gasteiger partial charge is 0.495 e. The van der Waals surface area contributed by atoms with Crippen molar-refractivity contribution in [2.45, 2.75) is 6.42 Å². The van der Waals surface area contributed by atoms with E-state index in [9.17, 15) is 4.79 Å². The van der Waals surface area contributed by atoms with Crippen molar-refractivity contribution in [2.24, 2.45) is 0 Å². The van der Waals surface area contributed by atoms with E-state index in [1.807, 2.05) is 48.5 Å². The summed E-state index contributed by atoms with van der Waals surface area (Å²) in [7, 11) is 5.18. The van der Waals surface area contributed by atoms with Gasteiger partial charge in [0.15, 0.2) is 0 Å². The van der Waals surface area contributed by atoms with E-state index >= 15 is 0 Å². The Morgan fingerprint density at radius 1 is 1.10 bits per heavy atom. The van der Waals surface area contributed by atoms with E-state index in [1.54, 1.807) is 26.1 Å². The molecule has 0 aliphatic carbocycles. The van der Waals surface area contributed by atoms with Gasteiger partial charge < -0.3 is 15.0 Å². The normalized spacial score (nSPS) is 10.0. The average molecular weight is 284 g/mol. The maximum atomic E-state index is 11.7. The van der Waals surface area contributed by atoms with Crippen LogP contribution in [-0.2, 0) is 11.2 Å². The highest BCUT2D eigenvalue weighted by molar-refractivity contribution is 5.78. The topological polar surface area (TPSA) is 41.6 Å². The van der Waals surface area contributed by atoms with E-state index in [4.69, 9.17) is 4.74 Å². The second kappa shape index (κ2) is 6.79. The molecule has 0 heterocycles. The summed E-state index contributed by atoms with van der Waals surface area (Å²) in [5.74, 6) is 0.893. The highest BCUT2D eigenvalue weighted by atomic mass is 16.5. The van der Waals surface area contributed by atoms with Gasteiger partial charge in [-0.05, 0) is 29.8 Å². The van der Waals surface area contributed by atoms with Crippen LogP contribution in [0.5, 0.6) is 5.75 Å². The number of anilines is 2. The number of ether oxygens (including phenoxy) is 1. The molecule has 0 saturated carbocycles. The van der Waals surface area contributed by atoms with E-state index in [0.717, 1.165) is 22.7 Å². The lowest BCUT2D eigenvalue weighted by Gasteiger charge is -2.12. The van der Waals surface area contributed by atoms with Crippen LogP contribution >= 0.6 is 0 Å². The Bertz CT molecular complexity index is 606. The van der Waals surface area contributed by atoms with Gasteiger partial charge in [0, 0.05) is 19.8 Å². The van der Waals surface area contributed by atoms with Gasteiger partial charge in [0.1, 0.15) is 5.75 Å². The number of carbonyl (C=O) groups excluding carboxylic acids is 1. The Hall–Kier alpha value is -2.49. The van der Waals surface area contributed by atoms with Crippen molar-refractivity contribution in [2.75, 3.05) is 26.5 Å². The number of methoxy groups -OCH3 is 1. The molecule has 0 spiro atoms. The first-order valence-corrected chi connectivity index (χ1v) is 6.79. The van der Waals surface area contributed by atoms with Crippen molar-refractivity contribution < 1.29 is 9.53 Å². The molecular formula is C17H20N2O2. The zero-order chi connectivity index (χ0) is 15.2.